The van der Waals surface area contributed by atoms with Crippen LogP contribution in [0.2, 0.25) is 0 Å². The van der Waals surface area contributed by atoms with Gasteiger partial charge in [-0.2, -0.15) is 16.8 Å². The maximum Gasteiger partial charge on any atom is 0.336 e. The molecule has 2 rings (SSSR count). The van der Waals surface area contributed by atoms with Crippen molar-refractivity contribution in [1.29, 1.82) is 0 Å². The molecule has 0 amide bonds. The van der Waals surface area contributed by atoms with E-state index in [1.807, 2.05) is 20.8 Å². The molecule has 0 bridgehead atoms. The van der Waals surface area contributed by atoms with Crippen molar-refractivity contribution in [2.75, 3.05) is 13.2 Å². The Bertz CT molecular complexity index is 1120. The van der Waals surface area contributed by atoms with E-state index in [9.17, 15) is 21.6 Å². The molecule has 1 atom stereocenters. The van der Waals surface area contributed by atoms with Crippen molar-refractivity contribution < 1.29 is 34.7 Å². The average molecular weight is 513 g/mol. The zero-order valence-electron chi connectivity index (χ0n) is 19.7. The fourth-order valence-electron chi connectivity index (χ4n) is 2.90. The first-order chi connectivity index (χ1) is 16.0. The highest BCUT2D eigenvalue weighted by Crippen LogP contribution is 2.19. The lowest BCUT2D eigenvalue weighted by Gasteiger charge is -2.17. The zero-order valence-corrected chi connectivity index (χ0v) is 21.4. The molecular weight excluding hydrogens is 480 g/mol. The Morgan fingerprint density at radius 2 is 1.29 bits per heavy atom. The minimum Gasteiger partial charge on any atom is -0.464 e. The maximum absolute atomic E-state index is 12.7. The van der Waals surface area contributed by atoms with Gasteiger partial charge in [-0.25, -0.2) is 4.79 Å². The third kappa shape index (κ3) is 8.83. The molecule has 0 aliphatic carbocycles. The first-order valence-electron chi connectivity index (χ1n) is 11.2. The molecule has 0 aliphatic heterocycles. The number of carbonyl (C=O) groups excluding carboxylic acids is 1. The Hall–Kier alpha value is -2.27. The van der Waals surface area contributed by atoms with E-state index < -0.39 is 32.3 Å². The Balaban J connectivity index is 1.96. The standard InChI is InChI=1S/C24H32O8S2/c1-4-5-17-30-24(25)23(32-34(28,29)22-15-11-20(3)12-16-22)8-6-7-18-31-33(26,27)21-13-9-19(2)10-14-21/h9-16,23H,4-8,17-18H2,1-3H3. The summed E-state index contributed by atoms with van der Waals surface area (Å²) in [4.78, 5) is 12.5. The van der Waals surface area contributed by atoms with Crippen molar-refractivity contribution >= 4 is 26.2 Å². The van der Waals surface area contributed by atoms with Gasteiger partial charge in [0.05, 0.1) is 23.0 Å². The molecule has 10 heteroatoms. The predicted octanol–water partition coefficient (Wildman–Crippen LogP) is 4.30. The van der Waals surface area contributed by atoms with E-state index in [1.165, 1.54) is 24.3 Å². The van der Waals surface area contributed by atoms with Crippen LogP contribution in [0.3, 0.4) is 0 Å². The van der Waals surface area contributed by atoms with Gasteiger partial charge in [-0.05, 0) is 63.8 Å². The Morgan fingerprint density at radius 1 is 0.765 bits per heavy atom. The van der Waals surface area contributed by atoms with Crippen LogP contribution in [0.4, 0.5) is 0 Å². The fourth-order valence-corrected chi connectivity index (χ4v) is 4.91. The molecule has 0 fully saturated rings. The lowest BCUT2D eigenvalue weighted by atomic mass is 10.1. The molecular formula is C24H32O8S2. The predicted molar refractivity (Wildman–Crippen MR) is 127 cm³/mol. The van der Waals surface area contributed by atoms with Crippen LogP contribution in [0.15, 0.2) is 58.3 Å². The van der Waals surface area contributed by atoms with E-state index in [0.717, 1.165) is 17.5 Å². The summed E-state index contributed by atoms with van der Waals surface area (Å²) in [7, 11) is -8.08. The van der Waals surface area contributed by atoms with Gasteiger partial charge in [-0.3, -0.25) is 8.37 Å². The summed E-state index contributed by atoms with van der Waals surface area (Å²) >= 11 is 0. The summed E-state index contributed by atoms with van der Waals surface area (Å²) in [5.41, 5.74) is 1.81. The lowest BCUT2D eigenvalue weighted by Crippen LogP contribution is -2.30. The molecule has 1 unspecified atom stereocenters. The van der Waals surface area contributed by atoms with Gasteiger partial charge in [0.25, 0.3) is 20.2 Å². The van der Waals surface area contributed by atoms with Crippen molar-refractivity contribution in [3.63, 3.8) is 0 Å². The fraction of sp³-hybridized carbons (Fsp3) is 0.458. The van der Waals surface area contributed by atoms with Crippen molar-refractivity contribution in [1.82, 2.24) is 0 Å². The summed E-state index contributed by atoms with van der Waals surface area (Å²) in [6.07, 6.45) is 0.723. The summed E-state index contributed by atoms with van der Waals surface area (Å²) in [6, 6.07) is 12.4. The molecule has 0 saturated carbocycles. The van der Waals surface area contributed by atoms with Gasteiger partial charge in [0.15, 0.2) is 6.10 Å². The summed E-state index contributed by atoms with van der Waals surface area (Å²) in [5.74, 6) is -0.766. The lowest BCUT2D eigenvalue weighted by molar-refractivity contribution is -0.152. The molecule has 0 spiro atoms. The third-order valence-corrected chi connectivity index (χ3v) is 7.63. The molecule has 2 aromatic carbocycles. The number of unbranched alkanes of at least 4 members (excludes halogenated alkanes) is 2. The molecule has 188 valence electrons. The van der Waals surface area contributed by atoms with Crippen LogP contribution in [0.1, 0.15) is 50.2 Å². The molecule has 0 radical (unpaired) electrons. The molecule has 34 heavy (non-hydrogen) atoms. The first kappa shape index (κ1) is 28.0. The quantitative estimate of drug-likeness (QED) is 0.209. The number of hydrogen-bond acceptors (Lipinski definition) is 8. The maximum atomic E-state index is 12.7. The van der Waals surface area contributed by atoms with Crippen molar-refractivity contribution in [2.24, 2.45) is 0 Å². The normalized spacial score (nSPS) is 12.9. The van der Waals surface area contributed by atoms with Gasteiger partial charge in [-0.15, -0.1) is 0 Å². The van der Waals surface area contributed by atoms with Gasteiger partial charge in [0, 0.05) is 0 Å². The van der Waals surface area contributed by atoms with Crippen LogP contribution >= 0.6 is 0 Å². The SMILES string of the molecule is CCCCOC(=O)C(CCCCOS(=O)(=O)c1ccc(C)cc1)OS(=O)(=O)c1ccc(C)cc1. The van der Waals surface area contributed by atoms with Crippen LogP contribution < -0.4 is 0 Å². The Labute approximate surface area is 202 Å². The number of rotatable bonds is 14. The van der Waals surface area contributed by atoms with Crippen molar-refractivity contribution in [2.45, 2.75) is 68.8 Å². The number of carbonyl (C=O) groups is 1. The van der Waals surface area contributed by atoms with E-state index >= 15 is 0 Å². The second-order valence-corrected chi connectivity index (χ2v) is 11.1. The second kappa shape index (κ2) is 13.0. The highest BCUT2D eigenvalue weighted by molar-refractivity contribution is 7.87. The molecule has 0 N–H and O–H groups in total. The molecule has 0 aromatic heterocycles. The van der Waals surface area contributed by atoms with Crippen molar-refractivity contribution in [3.8, 4) is 0 Å². The van der Waals surface area contributed by atoms with Gasteiger partial charge >= 0.3 is 5.97 Å². The van der Waals surface area contributed by atoms with E-state index in [-0.39, 0.29) is 35.8 Å². The zero-order chi connectivity index (χ0) is 25.2. The number of esters is 1. The van der Waals surface area contributed by atoms with Crippen molar-refractivity contribution in [3.05, 3.63) is 59.7 Å². The van der Waals surface area contributed by atoms with E-state index in [0.29, 0.717) is 12.8 Å². The molecule has 0 heterocycles. The van der Waals surface area contributed by atoms with Crippen LogP contribution in [-0.2, 0) is 38.1 Å². The molecule has 8 nitrogen and oxygen atoms in total. The second-order valence-electron chi connectivity index (χ2n) is 7.96. The van der Waals surface area contributed by atoms with Crippen LogP contribution in [0.5, 0.6) is 0 Å². The number of ether oxygens (including phenoxy) is 1. The number of hydrogen-bond donors (Lipinski definition) is 0. The van der Waals surface area contributed by atoms with Crippen LogP contribution in [-0.4, -0.2) is 42.1 Å². The Morgan fingerprint density at radius 3 is 1.82 bits per heavy atom. The monoisotopic (exact) mass is 512 g/mol. The number of aryl methyl sites for hydroxylation is 2. The third-order valence-electron chi connectivity index (χ3n) is 4.97. The average Bonchev–Trinajstić information content (AvgIpc) is 2.78. The van der Waals surface area contributed by atoms with E-state index in [2.05, 4.69) is 0 Å². The molecule has 0 aliphatic rings. The Kier molecular flexibility index (Phi) is 10.7. The van der Waals surface area contributed by atoms with E-state index in [1.54, 1.807) is 24.3 Å². The minimum absolute atomic E-state index is 0.0317. The number of benzene rings is 2. The summed E-state index contributed by atoms with van der Waals surface area (Å²) in [6.45, 7) is 5.67. The van der Waals surface area contributed by atoms with Crippen LogP contribution in [0.25, 0.3) is 0 Å². The van der Waals surface area contributed by atoms with Gasteiger partial charge < -0.3 is 4.74 Å². The molecule has 2 aromatic rings. The summed E-state index contributed by atoms with van der Waals surface area (Å²) < 4.78 is 65.3. The topological polar surface area (TPSA) is 113 Å². The molecule has 0 saturated heterocycles. The van der Waals surface area contributed by atoms with Crippen LogP contribution in [0, 0.1) is 13.8 Å². The highest BCUT2D eigenvalue weighted by Gasteiger charge is 2.28. The van der Waals surface area contributed by atoms with E-state index in [4.69, 9.17) is 13.1 Å². The minimum atomic E-state index is -4.19. The highest BCUT2D eigenvalue weighted by atomic mass is 32.2. The largest absolute Gasteiger partial charge is 0.464 e. The van der Waals surface area contributed by atoms with Gasteiger partial charge in [0.2, 0.25) is 0 Å². The summed E-state index contributed by atoms with van der Waals surface area (Å²) in [5, 5.41) is 0. The first-order valence-corrected chi connectivity index (χ1v) is 14.0. The van der Waals surface area contributed by atoms with Gasteiger partial charge in [-0.1, -0.05) is 48.7 Å². The van der Waals surface area contributed by atoms with Gasteiger partial charge in [0.1, 0.15) is 0 Å². The smallest absolute Gasteiger partial charge is 0.336 e.